The highest BCUT2D eigenvalue weighted by molar-refractivity contribution is 5.89. The molecule has 0 amide bonds. The van der Waals surface area contributed by atoms with Crippen LogP contribution < -0.4 is 10.6 Å². The molecule has 150 valence electrons. The highest BCUT2D eigenvalue weighted by atomic mass is 15.3. The lowest BCUT2D eigenvalue weighted by molar-refractivity contribution is 0.135. The van der Waals surface area contributed by atoms with Crippen molar-refractivity contribution >= 4 is 28.7 Å². The van der Waals surface area contributed by atoms with Crippen LogP contribution in [0.4, 0.5) is 17.7 Å². The molecule has 2 aliphatic heterocycles. The number of piperidine rings is 1. The van der Waals surface area contributed by atoms with Crippen LogP contribution in [-0.2, 0) is 0 Å². The molecular weight excluding hydrogens is 368 g/mol. The molecule has 3 atom stereocenters. The van der Waals surface area contributed by atoms with Crippen molar-refractivity contribution in [1.29, 1.82) is 5.26 Å². The van der Waals surface area contributed by atoms with Gasteiger partial charge in [0, 0.05) is 37.3 Å². The third-order valence-corrected chi connectivity index (χ3v) is 5.94. The average Bonchev–Trinajstić information content (AvgIpc) is 3.39. The predicted molar refractivity (Wildman–Crippen MR) is 109 cm³/mol. The molecule has 2 aliphatic rings. The van der Waals surface area contributed by atoms with Crippen LogP contribution in [0.3, 0.4) is 0 Å². The van der Waals surface area contributed by atoms with Gasteiger partial charge in [0.15, 0.2) is 0 Å². The number of fused-ring (bicyclic) bond motifs is 3. The van der Waals surface area contributed by atoms with Gasteiger partial charge in [-0.15, -0.1) is 5.10 Å². The molecule has 10 nitrogen and oxygen atoms in total. The topological polar surface area (TPSA) is 134 Å². The van der Waals surface area contributed by atoms with Crippen molar-refractivity contribution in [3.05, 3.63) is 18.1 Å². The Morgan fingerprint density at radius 1 is 1.21 bits per heavy atom. The number of nitrogens with one attached hydrogen (secondary N) is 4. The van der Waals surface area contributed by atoms with Crippen LogP contribution in [0.5, 0.6) is 0 Å². The lowest BCUT2D eigenvalue weighted by atomic mass is 9.97. The third kappa shape index (κ3) is 3.49. The molecule has 10 heteroatoms. The molecule has 3 aromatic heterocycles. The number of hydrogen-bond acceptors (Lipinski definition) is 8. The standard InChI is InChI=1S/C19H24N10/c1-11-22-19(28-27-11)26-17-15-5-7-21-16(15)24-18(25-17)23-12-9-13-3-4-14(10-12)29(13)8-2-6-20/h5,7,12-14H,2-4,8-10H2,1H3,(H4,21,22,23,24,25,26,27,28)/t12?,13-,14+. The van der Waals surface area contributed by atoms with Crippen LogP contribution in [-0.4, -0.2) is 59.7 Å². The molecule has 2 fully saturated rings. The highest BCUT2D eigenvalue weighted by Gasteiger charge is 2.40. The van der Waals surface area contributed by atoms with E-state index >= 15 is 0 Å². The molecule has 2 bridgehead atoms. The average molecular weight is 392 g/mol. The van der Waals surface area contributed by atoms with E-state index in [1.54, 1.807) is 0 Å². The fourth-order valence-electron chi connectivity index (χ4n) is 4.72. The molecule has 0 aliphatic carbocycles. The van der Waals surface area contributed by atoms with Crippen LogP contribution in [0.25, 0.3) is 11.0 Å². The largest absolute Gasteiger partial charge is 0.351 e. The lowest BCUT2D eigenvalue weighted by Gasteiger charge is -2.38. The number of nitrogens with zero attached hydrogens (tertiary/aromatic N) is 6. The number of H-pyrrole nitrogens is 2. The van der Waals surface area contributed by atoms with E-state index in [0.717, 1.165) is 36.2 Å². The van der Waals surface area contributed by atoms with Crippen LogP contribution in [0.1, 0.15) is 37.9 Å². The Morgan fingerprint density at radius 3 is 2.76 bits per heavy atom. The molecule has 3 aromatic rings. The zero-order chi connectivity index (χ0) is 19.8. The van der Waals surface area contributed by atoms with Crippen molar-refractivity contribution in [2.45, 2.75) is 57.2 Å². The van der Waals surface area contributed by atoms with Crippen molar-refractivity contribution in [3.63, 3.8) is 0 Å². The molecule has 29 heavy (non-hydrogen) atoms. The maximum atomic E-state index is 8.91. The van der Waals surface area contributed by atoms with E-state index in [9.17, 15) is 0 Å². The Labute approximate surface area is 168 Å². The smallest absolute Gasteiger partial charge is 0.247 e. The van der Waals surface area contributed by atoms with Gasteiger partial charge in [-0.2, -0.15) is 20.2 Å². The number of aromatic amines is 2. The summed E-state index contributed by atoms with van der Waals surface area (Å²) in [4.78, 5) is 19.4. The van der Waals surface area contributed by atoms with Gasteiger partial charge in [-0.3, -0.25) is 10.00 Å². The lowest BCUT2D eigenvalue weighted by Crippen LogP contribution is -2.47. The molecule has 0 aromatic carbocycles. The summed E-state index contributed by atoms with van der Waals surface area (Å²) in [5.41, 5.74) is 0.770. The first-order valence-electron chi connectivity index (χ1n) is 10.1. The van der Waals surface area contributed by atoms with E-state index in [4.69, 9.17) is 10.2 Å². The molecule has 1 unspecified atom stereocenters. The van der Waals surface area contributed by atoms with Gasteiger partial charge < -0.3 is 15.6 Å². The molecule has 0 saturated carbocycles. The van der Waals surface area contributed by atoms with E-state index in [0.29, 0.717) is 42.3 Å². The number of hydrogen-bond donors (Lipinski definition) is 4. The normalized spacial score (nSPS) is 23.9. The van der Waals surface area contributed by atoms with Crippen molar-refractivity contribution in [1.82, 2.24) is 35.0 Å². The highest BCUT2D eigenvalue weighted by Crippen LogP contribution is 2.36. The van der Waals surface area contributed by atoms with Crippen molar-refractivity contribution in [3.8, 4) is 6.07 Å². The number of rotatable bonds is 6. The zero-order valence-corrected chi connectivity index (χ0v) is 16.3. The molecule has 0 radical (unpaired) electrons. The molecule has 4 N–H and O–H groups in total. The zero-order valence-electron chi connectivity index (χ0n) is 16.3. The number of aromatic nitrogens is 6. The summed E-state index contributed by atoms with van der Waals surface area (Å²) in [6.07, 6.45) is 6.98. The molecular formula is C19H24N10. The fraction of sp³-hybridized carbons (Fsp3) is 0.526. The summed E-state index contributed by atoms with van der Waals surface area (Å²) in [5, 5.41) is 23.5. The molecule has 0 spiro atoms. The van der Waals surface area contributed by atoms with Gasteiger partial charge in [0.1, 0.15) is 17.3 Å². The fourth-order valence-corrected chi connectivity index (χ4v) is 4.72. The quantitative estimate of drug-likeness (QED) is 0.502. The SMILES string of the molecule is Cc1nc(Nc2nc(NC3C[C@H]4CC[C@@H](C3)N4CCC#N)nc3[nH]ccc23)n[nH]1. The summed E-state index contributed by atoms with van der Waals surface area (Å²) in [6, 6.07) is 5.63. The van der Waals surface area contributed by atoms with Crippen molar-refractivity contribution in [2.75, 3.05) is 17.2 Å². The van der Waals surface area contributed by atoms with Crippen LogP contribution >= 0.6 is 0 Å². The maximum absolute atomic E-state index is 8.91. The number of aryl methyl sites for hydroxylation is 1. The monoisotopic (exact) mass is 392 g/mol. The van der Waals surface area contributed by atoms with E-state index in [2.05, 4.69) is 46.8 Å². The van der Waals surface area contributed by atoms with E-state index < -0.39 is 0 Å². The first-order valence-corrected chi connectivity index (χ1v) is 10.1. The maximum Gasteiger partial charge on any atom is 0.247 e. The summed E-state index contributed by atoms with van der Waals surface area (Å²) >= 11 is 0. The van der Waals surface area contributed by atoms with Crippen LogP contribution in [0.15, 0.2) is 12.3 Å². The minimum absolute atomic E-state index is 0.330. The van der Waals surface area contributed by atoms with Gasteiger partial charge in [0.25, 0.3) is 0 Å². The second-order valence-electron chi connectivity index (χ2n) is 7.85. The summed E-state index contributed by atoms with van der Waals surface area (Å²) in [6.45, 7) is 2.74. The van der Waals surface area contributed by atoms with Gasteiger partial charge in [0.05, 0.1) is 11.5 Å². The Balaban J connectivity index is 1.34. The molecule has 5 rings (SSSR count). The van der Waals surface area contributed by atoms with Gasteiger partial charge in [-0.25, -0.2) is 0 Å². The van der Waals surface area contributed by atoms with Gasteiger partial charge in [0.2, 0.25) is 11.9 Å². The summed E-state index contributed by atoms with van der Waals surface area (Å²) in [5.74, 6) is 2.50. The van der Waals surface area contributed by atoms with Gasteiger partial charge >= 0.3 is 0 Å². The van der Waals surface area contributed by atoms with Crippen molar-refractivity contribution in [2.24, 2.45) is 0 Å². The summed E-state index contributed by atoms with van der Waals surface area (Å²) in [7, 11) is 0. The van der Waals surface area contributed by atoms with Crippen molar-refractivity contribution < 1.29 is 0 Å². The Bertz CT molecular complexity index is 1030. The second kappa shape index (κ2) is 7.33. The van der Waals surface area contributed by atoms with Crippen LogP contribution in [0, 0.1) is 18.3 Å². The minimum Gasteiger partial charge on any atom is -0.351 e. The summed E-state index contributed by atoms with van der Waals surface area (Å²) < 4.78 is 0. The third-order valence-electron chi connectivity index (χ3n) is 5.94. The Morgan fingerprint density at radius 2 is 2.03 bits per heavy atom. The Kier molecular flexibility index (Phi) is 4.52. The first kappa shape index (κ1) is 17.9. The molecule has 5 heterocycles. The van der Waals surface area contributed by atoms with Gasteiger partial charge in [-0.05, 0) is 38.7 Å². The minimum atomic E-state index is 0.330. The van der Waals surface area contributed by atoms with Gasteiger partial charge in [-0.1, -0.05) is 0 Å². The van der Waals surface area contributed by atoms with Crippen LogP contribution in [0.2, 0.25) is 0 Å². The van der Waals surface area contributed by atoms with E-state index in [1.165, 1.54) is 12.8 Å². The molecule has 2 saturated heterocycles. The van der Waals surface area contributed by atoms with E-state index in [-0.39, 0.29) is 0 Å². The number of anilines is 3. The van der Waals surface area contributed by atoms with E-state index in [1.807, 2.05) is 19.2 Å². The predicted octanol–water partition coefficient (Wildman–Crippen LogP) is 2.45. The number of nitriles is 1. The first-order chi connectivity index (χ1) is 14.2. The Hall–Kier alpha value is -3.19. The second-order valence-corrected chi connectivity index (χ2v) is 7.85.